The van der Waals surface area contributed by atoms with Gasteiger partial charge in [-0.1, -0.05) is 11.6 Å². The van der Waals surface area contributed by atoms with Crippen LogP contribution in [0.25, 0.3) is 0 Å². The van der Waals surface area contributed by atoms with E-state index in [0.717, 1.165) is 12.3 Å². The summed E-state index contributed by atoms with van der Waals surface area (Å²) in [6, 6.07) is 0.902. The molecule has 4 nitrogen and oxygen atoms in total. The Labute approximate surface area is 73.4 Å². The van der Waals surface area contributed by atoms with Gasteiger partial charge in [0.05, 0.1) is 5.02 Å². The maximum absolute atomic E-state index is 12.4. The molecule has 0 aliphatic rings. The van der Waals surface area contributed by atoms with Crippen LogP contribution in [0.15, 0.2) is 17.2 Å². The fourth-order valence-electron chi connectivity index (χ4n) is 0.627. The monoisotopic (exact) mass is 210 g/mol. The van der Waals surface area contributed by atoms with E-state index in [2.05, 4.69) is 4.98 Å². The third-order valence-corrected chi connectivity index (χ3v) is 2.17. The number of pyridine rings is 1. The van der Waals surface area contributed by atoms with E-state index in [1.54, 1.807) is 0 Å². The first-order chi connectivity index (χ1) is 5.41. The van der Waals surface area contributed by atoms with Crippen molar-refractivity contribution in [3.63, 3.8) is 0 Å². The van der Waals surface area contributed by atoms with Crippen LogP contribution in [0.3, 0.4) is 0 Å². The predicted octanol–water partition coefficient (Wildman–Crippen LogP) is 0.975. The average molecular weight is 211 g/mol. The van der Waals surface area contributed by atoms with Crippen LogP contribution in [0.5, 0.6) is 0 Å². The van der Waals surface area contributed by atoms with Gasteiger partial charge in [0.1, 0.15) is 10.7 Å². The van der Waals surface area contributed by atoms with Gasteiger partial charge in [-0.15, -0.1) is 3.89 Å². The molecule has 2 N–H and O–H groups in total. The van der Waals surface area contributed by atoms with Crippen molar-refractivity contribution >= 4 is 27.6 Å². The molecule has 66 valence electrons. The fraction of sp³-hybridized carbons (Fsp3) is 0. The predicted molar refractivity (Wildman–Crippen MR) is 42.0 cm³/mol. The van der Waals surface area contributed by atoms with E-state index in [1.807, 2.05) is 0 Å². The van der Waals surface area contributed by atoms with E-state index in [4.69, 9.17) is 17.3 Å². The number of aromatic nitrogens is 1. The van der Waals surface area contributed by atoms with Crippen molar-refractivity contribution in [2.75, 3.05) is 5.73 Å². The van der Waals surface area contributed by atoms with Gasteiger partial charge in [0.15, 0.2) is 0 Å². The summed E-state index contributed by atoms with van der Waals surface area (Å²) in [4.78, 5) is 2.67. The Hall–Kier alpha value is -0.880. The van der Waals surface area contributed by atoms with Gasteiger partial charge in [-0.25, -0.2) is 4.98 Å². The highest BCUT2D eigenvalue weighted by Gasteiger charge is 2.17. The third-order valence-electron chi connectivity index (χ3n) is 1.11. The summed E-state index contributed by atoms with van der Waals surface area (Å²) in [5, 5.41) is 0.0143. The van der Waals surface area contributed by atoms with E-state index in [-0.39, 0.29) is 5.02 Å². The zero-order valence-corrected chi connectivity index (χ0v) is 7.23. The van der Waals surface area contributed by atoms with E-state index >= 15 is 0 Å². The summed E-state index contributed by atoms with van der Waals surface area (Å²) >= 11 is 5.37. The Bertz CT molecular complexity index is 406. The lowest BCUT2D eigenvalue weighted by atomic mass is 10.5. The van der Waals surface area contributed by atoms with Crippen LogP contribution >= 0.6 is 11.6 Å². The molecule has 0 saturated heterocycles. The maximum atomic E-state index is 12.4. The first kappa shape index (κ1) is 9.21. The van der Waals surface area contributed by atoms with Crippen LogP contribution in [0.2, 0.25) is 5.02 Å². The van der Waals surface area contributed by atoms with Gasteiger partial charge in [0, 0.05) is 6.20 Å². The second-order valence-electron chi connectivity index (χ2n) is 1.97. The molecule has 12 heavy (non-hydrogen) atoms. The molecule has 1 aromatic heterocycles. The largest absolute Gasteiger partial charge is 0.383 e. The topological polar surface area (TPSA) is 73.0 Å². The summed E-state index contributed by atoms with van der Waals surface area (Å²) in [6.07, 6.45) is 1.13. The highest BCUT2D eigenvalue weighted by atomic mass is 35.5. The van der Waals surface area contributed by atoms with Crippen molar-refractivity contribution in [3.05, 3.63) is 17.3 Å². The smallest absolute Gasteiger partial charge is 0.335 e. The number of nitrogen functional groups attached to an aromatic ring is 1. The second kappa shape index (κ2) is 2.87. The first-order valence-corrected chi connectivity index (χ1v) is 4.53. The van der Waals surface area contributed by atoms with Crippen molar-refractivity contribution in [2.45, 2.75) is 4.90 Å². The Morgan fingerprint density at radius 2 is 2.17 bits per heavy atom. The minimum Gasteiger partial charge on any atom is -0.383 e. The van der Waals surface area contributed by atoms with Crippen LogP contribution in [-0.2, 0) is 10.2 Å². The molecule has 0 aliphatic heterocycles. The number of hydrogen-bond acceptors (Lipinski definition) is 4. The highest BCUT2D eigenvalue weighted by Crippen LogP contribution is 2.21. The lowest BCUT2D eigenvalue weighted by Crippen LogP contribution is -2.00. The van der Waals surface area contributed by atoms with E-state index < -0.39 is 20.9 Å². The van der Waals surface area contributed by atoms with Crippen LogP contribution < -0.4 is 5.73 Å². The lowest BCUT2D eigenvalue weighted by molar-refractivity contribution is 0.552. The van der Waals surface area contributed by atoms with Gasteiger partial charge < -0.3 is 5.73 Å². The van der Waals surface area contributed by atoms with Gasteiger partial charge >= 0.3 is 10.2 Å². The fourth-order valence-corrected chi connectivity index (χ4v) is 1.42. The number of nitrogens with zero attached hydrogens (tertiary/aromatic N) is 1. The molecular weight excluding hydrogens is 207 g/mol. The molecule has 7 heteroatoms. The molecule has 0 fully saturated rings. The van der Waals surface area contributed by atoms with Crippen LogP contribution in [-0.4, -0.2) is 13.4 Å². The summed E-state index contributed by atoms with van der Waals surface area (Å²) in [6.45, 7) is 0. The highest BCUT2D eigenvalue weighted by molar-refractivity contribution is 7.86. The molecule has 0 bridgehead atoms. The minimum absolute atomic E-state index is 0.0143. The van der Waals surface area contributed by atoms with E-state index in [9.17, 15) is 12.3 Å². The zero-order chi connectivity index (χ0) is 9.35. The number of nitrogens with two attached hydrogens (primary N) is 1. The summed E-state index contributed by atoms with van der Waals surface area (Å²) in [5.74, 6) is -0.401. The summed E-state index contributed by atoms with van der Waals surface area (Å²) < 4.78 is 33.1. The van der Waals surface area contributed by atoms with Gasteiger partial charge in [-0.2, -0.15) is 8.42 Å². The van der Waals surface area contributed by atoms with E-state index in [1.165, 1.54) is 0 Å². The Morgan fingerprint density at radius 1 is 1.58 bits per heavy atom. The third kappa shape index (κ3) is 1.83. The Morgan fingerprint density at radius 3 is 2.58 bits per heavy atom. The molecule has 0 unspecified atom stereocenters. The second-order valence-corrected chi connectivity index (χ2v) is 3.73. The van der Waals surface area contributed by atoms with Crippen molar-refractivity contribution in [3.8, 4) is 0 Å². The Balaban J connectivity index is 3.43. The molecule has 1 rings (SSSR count). The minimum atomic E-state index is -4.83. The molecular formula is C5H4ClFN2O2S. The van der Waals surface area contributed by atoms with Gasteiger partial charge in [0.25, 0.3) is 0 Å². The van der Waals surface area contributed by atoms with Crippen LogP contribution in [0.1, 0.15) is 0 Å². The number of anilines is 1. The molecule has 0 amide bonds. The molecule has 0 aromatic carbocycles. The molecule has 1 aromatic rings. The number of hydrogen-bond donors (Lipinski definition) is 1. The first-order valence-electron chi connectivity index (χ1n) is 2.77. The van der Waals surface area contributed by atoms with Crippen molar-refractivity contribution in [2.24, 2.45) is 0 Å². The molecule has 0 atom stereocenters. The van der Waals surface area contributed by atoms with Gasteiger partial charge in [-0.05, 0) is 6.07 Å². The number of rotatable bonds is 1. The maximum Gasteiger partial charge on any atom is 0.335 e. The van der Waals surface area contributed by atoms with Crippen molar-refractivity contribution in [1.29, 1.82) is 0 Å². The van der Waals surface area contributed by atoms with Gasteiger partial charge in [0.2, 0.25) is 0 Å². The Kier molecular flexibility index (Phi) is 2.20. The van der Waals surface area contributed by atoms with E-state index in [0.29, 0.717) is 0 Å². The van der Waals surface area contributed by atoms with Crippen LogP contribution in [0.4, 0.5) is 9.70 Å². The average Bonchev–Trinajstić information content (AvgIpc) is 1.92. The van der Waals surface area contributed by atoms with Crippen LogP contribution in [0, 0.1) is 0 Å². The summed E-state index contributed by atoms with van der Waals surface area (Å²) in [7, 11) is -4.83. The molecule has 1 heterocycles. The molecule has 0 saturated carbocycles. The SMILES string of the molecule is Nc1ncc(Cl)cc1S(=O)(=O)F. The quantitative estimate of drug-likeness (QED) is 0.702. The number of halogens is 2. The zero-order valence-electron chi connectivity index (χ0n) is 5.66. The molecule has 0 spiro atoms. The molecule has 0 aliphatic carbocycles. The summed E-state index contributed by atoms with van der Waals surface area (Å²) in [5.41, 5.74) is 5.09. The lowest BCUT2D eigenvalue weighted by Gasteiger charge is -1.98. The standard InChI is InChI=1S/C5H4ClFN2O2S/c6-3-1-4(12(7,10)11)5(8)9-2-3/h1-2H,(H2,8,9). The normalized spacial score (nSPS) is 11.5. The van der Waals surface area contributed by atoms with Crippen molar-refractivity contribution < 1.29 is 12.3 Å². The van der Waals surface area contributed by atoms with Crippen molar-refractivity contribution in [1.82, 2.24) is 4.98 Å². The van der Waals surface area contributed by atoms with Gasteiger partial charge in [-0.3, -0.25) is 0 Å². The molecule has 0 radical (unpaired) electrons.